The van der Waals surface area contributed by atoms with Crippen molar-refractivity contribution < 1.29 is 9.15 Å². The van der Waals surface area contributed by atoms with Gasteiger partial charge >= 0.3 is 5.69 Å². The van der Waals surface area contributed by atoms with Gasteiger partial charge in [-0.15, -0.1) is 5.10 Å². The Morgan fingerprint density at radius 2 is 2.09 bits per heavy atom. The summed E-state index contributed by atoms with van der Waals surface area (Å²) < 4.78 is 13.3. The van der Waals surface area contributed by atoms with Gasteiger partial charge in [0.05, 0.1) is 19.9 Å². The molecule has 1 saturated heterocycles. The van der Waals surface area contributed by atoms with E-state index in [4.69, 9.17) is 21.4 Å². The maximum atomic E-state index is 11.9. The lowest BCUT2D eigenvalue weighted by molar-refractivity contribution is 0.0206. The summed E-state index contributed by atoms with van der Waals surface area (Å²) in [6, 6.07) is 1.35. The van der Waals surface area contributed by atoms with Gasteiger partial charge in [0.2, 0.25) is 5.89 Å². The zero-order valence-corrected chi connectivity index (χ0v) is 13.5. The lowest BCUT2D eigenvalue weighted by Crippen LogP contribution is -2.38. The van der Waals surface area contributed by atoms with Crippen LogP contribution in [0.5, 0.6) is 0 Å². The van der Waals surface area contributed by atoms with Crippen molar-refractivity contribution in [3.63, 3.8) is 0 Å². The highest BCUT2D eigenvalue weighted by atomic mass is 32.1. The summed E-state index contributed by atoms with van der Waals surface area (Å²) >= 11 is 5.15. The van der Waals surface area contributed by atoms with Crippen molar-refractivity contribution in [1.82, 2.24) is 24.2 Å². The number of ether oxygens (including phenoxy) is 1. The Balaban J connectivity index is 1.80. The minimum Gasteiger partial charge on any atom is -0.412 e. The predicted molar refractivity (Wildman–Crippen MR) is 82.9 cm³/mol. The van der Waals surface area contributed by atoms with Crippen LogP contribution in [0.3, 0.4) is 0 Å². The minimum absolute atomic E-state index is 0.0613. The number of hydrogen-bond acceptors (Lipinski definition) is 7. The zero-order chi connectivity index (χ0) is 16.4. The number of hydrogen-bond donors (Lipinski definition) is 1. The number of aryl methyl sites for hydroxylation is 1. The SMILES string of the molecule is Cc1cc(=O)n(Cc2nn(CN3CCOCC3)c(=S)o2)c(=O)[nH]1. The maximum absolute atomic E-state index is 11.9. The first-order chi connectivity index (χ1) is 11.0. The van der Waals surface area contributed by atoms with Crippen molar-refractivity contribution in [3.05, 3.63) is 43.3 Å². The third kappa shape index (κ3) is 3.66. The number of rotatable bonds is 4. The van der Waals surface area contributed by atoms with Gasteiger partial charge < -0.3 is 14.1 Å². The van der Waals surface area contributed by atoms with Crippen LogP contribution < -0.4 is 11.2 Å². The van der Waals surface area contributed by atoms with E-state index in [-0.39, 0.29) is 17.3 Å². The van der Waals surface area contributed by atoms with Crippen LogP contribution in [0.15, 0.2) is 20.1 Å². The fraction of sp³-hybridized carbons (Fsp3) is 0.538. The van der Waals surface area contributed by atoms with Crippen LogP contribution >= 0.6 is 12.2 Å². The van der Waals surface area contributed by atoms with E-state index >= 15 is 0 Å². The quantitative estimate of drug-likeness (QED) is 0.764. The number of nitrogens with one attached hydrogen (secondary N) is 1. The largest absolute Gasteiger partial charge is 0.412 e. The number of aromatic amines is 1. The smallest absolute Gasteiger partial charge is 0.329 e. The van der Waals surface area contributed by atoms with E-state index < -0.39 is 11.2 Å². The summed E-state index contributed by atoms with van der Waals surface area (Å²) in [5.41, 5.74) is -0.399. The Kier molecular flexibility index (Phi) is 4.55. The second-order valence-corrected chi connectivity index (χ2v) is 5.66. The van der Waals surface area contributed by atoms with Crippen LogP contribution in [0.2, 0.25) is 0 Å². The summed E-state index contributed by atoms with van der Waals surface area (Å²) in [4.78, 5) is 28.7. The van der Waals surface area contributed by atoms with Gasteiger partial charge in [0, 0.05) is 24.8 Å². The van der Waals surface area contributed by atoms with Gasteiger partial charge in [0.25, 0.3) is 10.4 Å². The normalized spacial score (nSPS) is 15.9. The van der Waals surface area contributed by atoms with Crippen molar-refractivity contribution >= 4 is 12.2 Å². The fourth-order valence-corrected chi connectivity index (χ4v) is 2.55. The number of aromatic nitrogens is 4. The topological polar surface area (TPSA) is 98.3 Å². The van der Waals surface area contributed by atoms with Crippen LogP contribution in [0, 0.1) is 11.8 Å². The summed E-state index contributed by atoms with van der Waals surface area (Å²) in [6.07, 6.45) is 0. The van der Waals surface area contributed by atoms with Gasteiger partial charge in [0.15, 0.2) is 0 Å². The van der Waals surface area contributed by atoms with E-state index in [1.807, 2.05) is 0 Å². The van der Waals surface area contributed by atoms with E-state index in [2.05, 4.69) is 15.0 Å². The molecule has 9 nitrogen and oxygen atoms in total. The molecule has 0 bridgehead atoms. The monoisotopic (exact) mass is 339 g/mol. The molecular weight excluding hydrogens is 322 g/mol. The Hall–Kier alpha value is -2.04. The lowest BCUT2D eigenvalue weighted by atomic mass is 10.4. The van der Waals surface area contributed by atoms with Crippen LogP contribution in [0.25, 0.3) is 0 Å². The van der Waals surface area contributed by atoms with Crippen molar-refractivity contribution in [2.24, 2.45) is 0 Å². The molecule has 0 saturated carbocycles. The lowest BCUT2D eigenvalue weighted by Gasteiger charge is -2.25. The maximum Gasteiger partial charge on any atom is 0.329 e. The zero-order valence-electron chi connectivity index (χ0n) is 12.7. The van der Waals surface area contributed by atoms with E-state index in [1.165, 1.54) is 6.07 Å². The van der Waals surface area contributed by atoms with E-state index in [0.29, 0.717) is 25.6 Å². The van der Waals surface area contributed by atoms with Gasteiger partial charge in [-0.1, -0.05) is 0 Å². The van der Waals surface area contributed by atoms with Crippen molar-refractivity contribution in [1.29, 1.82) is 0 Å². The third-order valence-corrected chi connectivity index (χ3v) is 3.83. The van der Waals surface area contributed by atoms with Gasteiger partial charge in [0.1, 0.15) is 6.54 Å². The molecule has 10 heteroatoms. The Morgan fingerprint density at radius 1 is 1.35 bits per heavy atom. The first kappa shape index (κ1) is 15.8. The molecule has 0 spiro atoms. The highest BCUT2D eigenvalue weighted by molar-refractivity contribution is 7.71. The van der Waals surface area contributed by atoms with E-state index in [9.17, 15) is 9.59 Å². The number of H-pyrrole nitrogens is 1. The molecule has 2 aromatic rings. The molecule has 2 aromatic heterocycles. The molecule has 1 N–H and O–H groups in total. The van der Waals surface area contributed by atoms with Gasteiger partial charge in [-0.25, -0.2) is 9.48 Å². The summed E-state index contributed by atoms with van der Waals surface area (Å²) in [7, 11) is 0. The molecule has 0 amide bonds. The molecule has 0 aromatic carbocycles. The molecule has 0 aliphatic carbocycles. The Labute approximate surface area is 136 Å². The number of nitrogens with zero attached hydrogens (tertiary/aromatic N) is 4. The second-order valence-electron chi connectivity index (χ2n) is 5.31. The number of morpholine rings is 1. The van der Waals surface area contributed by atoms with Crippen molar-refractivity contribution in [3.8, 4) is 0 Å². The van der Waals surface area contributed by atoms with Crippen LogP contribution in [-0.4, -0.2) is 50.5 Å². The van der Waals surface area contributed by atoms with Crippen LogP contribution in [0.1, 0.15) is 11.6 Å². The summed E-state index contributed by atoms with van der Waals surface area (Å²) in [5.74, 6) is 0.222. The molecule has 3 rings (SSSR count). The van der Waals surface area contributed by atoms with E-state index in [1.54, 1.807) is 11.6 Å². The molecule has 1 aliphatic heterocycles. The molecular formula is C13H17N5O4S. The first-order valence-electron chi connectivity index (χ1n) is 7.20. The summed E-state index contributed by atoms with van der Waals surface area (Å²) in [5, 5.41) is 4.25. The molecule has 23 heavy (non-hydrogen) atoms. The minimum atomic E-state index is -0.501. The van der Waals surface area contributed by atoms with Crippen molar-refractivity contribution in [2.75, 3.05) is 26.3 Å². The standard InChI is InChI=1S/C13H17N5O4S/c1-9-6-11(19)17(12(20)14-9)7-10-15-18(13(23)22-10)8-16-2-4-21-5-3-16/h6H,2-5,7-8H2,1H3,(H,14,20). The Bertz CT molecular complexity index is 827. The molecule has 0 atom stereocenters. The predicted octanol–water partition coefficient (Wildman–Crippen LogP) is -0.298. The second kappa shape index (κ2) is 6.60. The van der Waals surface area contributed by atoms with Crippen LogP contribution in [0.4, 0.5) is 0 Å². The highest BCUT2D eigenvalue weighted by Gasteiger charge is 2.14. The van der Waals surface area contributed by atoms with Gasteiger partial charge in [-0.05, 0) is 19.1 Å². The molecule has 124 valence electrons. The average molecular weight is 339 g/mol. The molecule has 0 radical (unpaired) electrons. The highest BCUT2D eigenvalue weighted by Crippen LogP contribution is 2.04. The van der Waals surface area contributed by atoms with E-state index in [0.717, 1.165) is 17.7 Å². The molecule has 3 heterocycles. The molecule has 1 aliphatic rings. The van der Waals surface area contributed by atoms with Crippen molar-refractivity contribution in [2.45, 2.75) is 20.1 Å². The summed E-state index contributed by atoms with van der Waals surface area (Å²) in [6.45, 7) is 5.01. The average Bonchev–Trinajstić information content (AvgIpc) is 2.84. The fourth-order valence-electron chi connectivity index (χ4n) is 2.36. The first-order valence-corrected chi connectivity index (χ1v) is 7.61. The molecule has 0 unspecified atom stereocenters. The van der Waals surface area contributed by atoms with Crippen LogP contribution in [-0.2, 0) is 18.0 Å². The van der Waals surface area contributed by atoms with Gasteiger partial charge in [-0.3, -0.25) is 14.3 Å². The Morgan fingerprint density at radius 3 is 2.78 bits per heavy atom. The van der Waals surface area contributed by atoms with Gasteiger partial charge in [-0.2, -0.15) is 0 Å². The third-order valence-electron chi connectivity index (χ3n) is 3.53. The molecule has 1 fully saturated rings.